The molecular weight excluding hydrogens is 277 g/mol. The van der Waals surface area contributed by atoms with Crippen molar-refractivity contribution in [2.24, 2.45) is 0 Å². The van der Waals surface area contributed by atoms with E-state index in [1.165, 1.54) is 12.1 Å². The third-order valence-corrected chi connectivity index (χ3v) is 6.51. The van der Waals surface area contributed by atoms with Crippen LogP contribution in [0.2, 0.25) is 0 Å². The Morgan fingerprint density at radius 2 is 2.05 bits per heavy atom. The minimum Gasteiger partial charge on any atom is -0.389 e. The van der Waals surface area contributed by atoms with Crippen molar-refractivity contribution in [1.29, 1.82) is 5.26 Å². The molecule has 0 saturated carbocycles. The summed E-state index contributed by atoms with van der Waals surface area (Å²) < 4.78 is 25.1. The van der Waals surface area contributed by atoms with Crippen LogP contribution in [-0.2, 0) is 17.2 Å². The van der Waals surface area contributed by atoms with Crippen LogP contribution < -0.4 is 0 Å². The van der Waals surface area contributed by atoms with Gasteiger partial charge in [0.15, 0.2) is 0 Å². The lowest BCUT2D eigenvalue weighted by atomic mass is 9.85. The van der Waals surface area contributed by atoms with Crippen LogP contribution >= 0.6 is 0 Å². The fraction of sp³-hybridized carbons (Fsp3) is 0.533. The summed E-state index contributed by atoms with van der Waals surface area (Å²) >= 11 is 0. The van der Waals surface area contributed by atoms with E-state index < -0.39 is 22.2 Å². The zero-order valence-corrected chi connectivity index (χ0v) is 11.8. The van der Waals surface area contributed by atoms with E-state index in [0.717, 1.165) is 12.8 Å². The van der Waals surface area contributed by atoms with Gasteiger partial charge in [0.1, 0.15) is 5.82 Å². The number of benzene rings is 1. The highest BCUT2D eigenvalue weighted by atomic mass is 32.2. The second-order valence-corrected chi connectivity index (χ2v) is 7.86. The molecule has 2 bridgehead atoms. The maximum Gasteiger partial charge on any atom is 0.124 e. The predicted octanol–water partition coefficient (Wildman–Crippen LogP) is 2.04. The Morgan fingerprint density at radius 1 is 1.40 bits per heavy atom. The van der Waals surface area contributed by atoms with E-state index in [4.69, 9.17) is 5.26 Å². The van der Waals surface area contributed by atoms with Crippen LogP contribution in [0.4, 0.5) is 4.39 Å². The molecular formula is C15H16FNO2S. The normalized spacial score (nSPS) is 35.8. The maximum absolute atomic E-state index is 13.1. The molecule has 0 aromatic heterocycles. The Balaban J connectivity index is 1.85. The highest BCUT2D eigenvalue weighted by Gasteiger charge is 2.47. The average Bonchev–Trinajstić information content (AvgIpc) is 2.63. The molecule has 1 aromatic carbocycles. The SMILES string of the molecule is N#Cc1cc(F)ccc1CC1(O)CC2CCC(C1)S2=O. The zero-order chi connectivity index (χ0) is 14.3. The Kier molecular flexibility index (Phi) is 3.39. The van der Waals surface area contributed by atoms with E-state index >= 15 is 0 Å². The molecule has 0 radical (unpaired) electrons. The van der Waals surface area contributed by atoms with Crippen LogP contribution in [0.1, 0.15) is 36.8 Å². The van der Waals surface area contributed by atoms with E-state index in [0.29, 0.717) is 24.8 Å². The molecule has 3 nitrogen and oxygen atoms in total. The second-order valence-electron chi connectivity index (χ2n) is 5.87. The molecule has 2 atom stereocenters. The van der Waals surface area contributed by atoms with Crippen molar-refractivity contribution in [3.63, 3.8) is 0 Å². The topological polar surface area (TPSA) is 61.1 Å². The van der Waals surface area contributed by atoms with Gasteiger partial charge in [0, 0.05) is 27.7 Å². The van der Waals surface area contributed by atoms with Crippen molar-refractivity contribution in [3.05, 3.63) is 35.1 Å². The van der Waals surface area contributed by atoms with Gasteiger partial charge < -0.3 is 5.11 Å². The number of rotatable bonds is 2. The Bertz CT molecular complexity index is 594. The molecule has 1 N–H and O–H groups in total. The van der Waals surface area contributed by atoms with Crippen molar-refractivity contribution in [2.45, 2.75) is 48.2 Å². The van der Waals surface area contributed by atoms with Crippen LogP contribution in [0.3, 0.4) is 0 Å². The van der Waals surface area contributed by atoms with Crippen LogP contribution in [-0.4, -0.2) is 25.4 Å². The number of nitrogens with zero attached hydrogens (tertiary/aromatic N) is 1. The minimum atomic E-state index is -0.914. The quantitative estimate of drug-likeness (QED) is 0.907. The van der Waals surface area contributed by atoms with Gasteiger partial charge in [-0.2, -0.15) is 5.26 Å². The van der Waals surface area contributed by atoms with E-state index in [-0.39, 0.29) is 16.1 Å². The summed E-state index contributed by atoms with van der Waals surface area (Å²) in [7, 11) is -0.819. The van der Waals surface area contributed by atoms with Gasteiger partial charge in [-0.05, 0) is 43.4 Å². The summed E-state index contributed by atoms with van der Waals surface area (Å²) in [6.07, 6.45) is 3.18. The van der Waals surface area contributed by atoms with Gasteiger partial charge in [-0.25, -0.2) is 4.39 Å². The van der Waals surface area contributed by atoms with Gasteiger partial charge in [0.05, 0.1) is 17.2 Å². The fourth-order valence-electron chi connectivity index (χ4n) is 3.48. The smallest absolute Gasteiger partial charge is 0.124 e. The maximum atomic E-state index is 13.1. The number of halogens is 1. The summed E-state index contributed by atoms with van der Waals surface area (Å²) in [5.41, 5.74) is 0.0318. The Hall–Kier alpha value is -1.25. The van der Waals surface area contributed by atoms with Crippen LogP contribution in [0.5, 0.6) is 0 Å². The lowest BCUT2D eigenvalue weighted by Gasteiger charge is -2.36. The number of nitriles is 1. The third-order valence-electron chi connectivity index (χ3n) is 4.39. The highest BCUT2D eigenvalue weighted by Crippen LogP contribution is 2.42. The molecule has 20 heavy (non-hydrogen) atoms. The van der Waals surface area contributed by atoms with Crippen molar-refractivity contribution in [1.82, 2.24) is 0 Å². The first kappa shape index (κ1) is 13.7. The molecule has 5 heteroatoms. The molecule has 2 fully saturated rings. The first-order valence-corrected chi connectivity index (χ1v) is 8.09. The van der Waals surface area contributed by atoms with Gasteiger partial charge in [-0.15, -0.1) is 0 Å². The molecule has 0 aliphatic carbocycles. The van der Waals surface area contributed by atoms with Crippen molar-refractivity contribution >= 4 is 10.8 Å². The molecule has 1 aromatic rings. The van der Waals surface area contributed by atoms with E-state index in [1.807, 2.05) is 6.07 Å². The number of fused-ring (bicyclic) bond motifs is 2. The van der Waals surface area contributed by atoms with Crippen molar-refractivity contribution in [2.75, 3.05) is 0 Å². The summed E-state index contributed by atoms with van der Waals surface area (Å²) in [5, 5.41) is 20.0. The van der Waals surface area contributed by atoms with Gasteiger partial charge in [-0.3, -0.25) is 4.21 Å². The molecule has 2 saturated heterocycles. The third kappa shape index (κ3) is 2.38. The predicted molar refractivity (Wildman–Crippen MR) is 74.0 cm³/mol. The molecule has 0 spiro atoms. The molecule has 0 amide bonds. The van der Waals surface area contributed by atoms with Crippen molar-refractivity contribution < 1.29 is 13.7 Å². The number of aliphatic hydroxyl groups is 1. The zero-order valence-electron chi connectivity index (χ0n) is 11.0. The van der Waals surface area contributed by atoms with Crippen LogP contribution in [0.15, 0.2) is 18.2 Å². The Morgan fingerprint density at radius 3 is 2.65 bits per heavy atom. The van der Waals surface area contributed by atoms with Gasteiger partial charge >= 0.3 is 0 Å². The molecule has 2 heterocycles. The Labute approximate surface area is 119 Å². The van der Waals surface area contributed by atoms with Gasteiger partial charge in [0.2, 0.25) is 0 Å². The summed E-state index contributed by atoms with van der Waals surface area (Å²) in [6.45, 7) is 0. The summed E-state index contributed by atoms with van der Waals surface area (Å²) in [6, 6.07) is 6.06. The van der Waals surface area contributed by atoms with E-state index in [2.05, 4.69) is 0 Å². The number of hydrogen-bond donors (Lipinski definition) is 1. The summed E-state index contributed by atoms with van der Waals surface area (Å²) in [5.74, 6) is -0.442. The first-order valence-electron chi connectivity index (χ1n) is 6.81. The monoisotopic (exact) mass is 293 g/mol. The minimum absolute atomic E-state index is 0.0738. The fourth-order valence-corrected chi connectivity index (χ4v) is 5.71. The standard InChI is InChI=1S/C15H16FNO2S/c16-12-2-1-10(11(5-12)9-17)6-15(18)7-13-3-4-14(8-15)20(13)19/h1-2,5,13-14,18H,3-4,6-8H2. The molecule has 106 valence electrons. The van der Waals surface area contributed by atoms with Crippen LogP contribution in [0, 0.1) is 17.1 Å². The molecule has 3 rings (SSSR count). The van der Waals surface area contributed by atoms with Gasteiger partial charge in [0.25, 0.3) is 0 Å². The lowest BCUT2D eigenvalue weighted by molar-refractivity contribution is 0.0230. The molecule has 2 aliphatic heterocycles. The van der Waals surface area contributed by atoms with Crippen LogP contribution in [0.25, 0.3) is 0 Å². The lowest BCUT2D eigenvalue weighted by Crippen LogP contribution is -2.44. The molecule has 2 unspecified atom stereocenters. The first-order chi connectivity index (χ1) is 9.50. The van der Waals surface area contributed by atoms with E-state index in [1.54, 1.807) is 6.07 Å². The molecule has 2 aliphatic rings. The average molecular weight is 293 g/mol. The van der Waals surface area contributed by atoms with E-state index in [9.17, 15) is 13.7 Å². The van der Waals surface area contributed by atoms with Crippen molar-refractivity contribution in [3.8, 4) is 6.07 Å². The number of hydrogen-bond acceptors (Lipinski definition) is 3. The second kappa shape index (κ2) is 4.94. The highest BCUT2D eigenvalue weighted by molar-refractivity contribution is 7.86. The largest absolute Gasteiger partial charge is 0.389 e. The summed E-state index contributed by atoms with van der Waals surface area (Å²) in [4.78, 5) is 0. The van der Waals surface area contributed by atoms with Gasteiger partial charge in [-0.1, -0.05) is 6.07 Å².